The van der Waals surface area contributed by atoms with Crippen molar-refractivity contribution in [3.63, 3.8) is 0 Å². The quantitative estimate of drug-likeness (QED) is 0.560. The van der Waals surface area contributed by atoms with E-state index in [1.807, 2.05) is 31.2 Å². The number of hydrogen-bond donors (Lipinski definition) is 1. The van der Waals surface area contributed by atoms with Gasteiger partial charge in [0.2, 0.25) is 0 Å². The van der Waals surface area contributed by atoms with Gasteiger partial charge in [0.25, 0.3) is 0 Å². The van der Waals surface area contributed by atoms with Gasteiger partial charge in [0, 0.05) is 12.2 Å². The van der Waals surface area contributed by atoms with Crippen LogP contribution in [0.5, 0.6) is 0 Å². The zero-order valence-corrected chi connectivity index (χ0v) is 15.3. The van der Waals surface area contributed by atoms with Crippen molar-refractivity contribution in [3.05, 3.63) is 46.6 Å². The van der Waals surface area contributed by atoms with Crippen LogP contribution in [0.4, 0.5) is 5.69 Å². The molecule has 1 aromatic heterocycles. The predicted octanol–water partition coefficient (Wildman–Crippen LogP) is 4.27. The number of aromatic nitrogens is 1. The lowest BCUT2D eigenvalue weighted by molar-refractivity contribution is 0.0308. The number of carbonyl (C=O) groups excluding carboxylic acids is 1. The number of hydrogen-bond acceptors (Lipinski definition) is 5. The van der Waals surface area contributed by atoms with Crippen LogP contribution in [0.3, 0.4) is 0 Å². The molecule has 5 nitrogen and oxygen atoms in total. The molecule has 1 aromatic carbocycles. The Hall–Kier alpha value is -2.11. The van der Waals surface area contributed by atoms with Crippen LogP contribution in [0.25, 0.3) is 11.3 Å². The van der Waals surface area contributed by atoms with E-state index in [2.05, 4.69) is 11.9 Å². The van der Waals surface area contributed by atoms with E-state index < -0.39 is 5.97 Å². The number of benzene rings is 1. The maximum Gasteiger partial charge on any atom is 0.358 e. The summed E-state index contributed by atoms with van der Waals surface area (Å²) in [5, 5.41) is 0.104. The van der Waals surface area contributed by atoms with Crippen LogP contribution < -0.4 is 5.73 Å². The normalized spacial score (nSPS) is 10.7. The standard InChI is InChI=1S/C19H23ClN2O3/c1-3-4-9-24-10-11-25-19(23)18-17(20)15(21)12-16(22-18)14-7-5-13(2)6-8-14/h5-8,12H,3-4,9-11H2,1-2H3,(H2,21,22). The highest BCUT2D eigenvalue weighted by Crippen LogP contribution is 2.28. The number of anilines is 1. The minimum atomic E-state index is -0.607. The summed E-state index contributed by atoms with van der Waals surface area (Å²) in [5.41, 5.74) is 8.80. The average Bonchev–Trinajstić information content (AvgIpc) is 2.60. The summed E-state index contributed by atoms with van der Waals surface area (Å²) < 4.78 is 10.6. The van der Waals surface area contributed by atoms with Crippen LogP contribution in [0, 0.1) is 6.92 Å². The van der Waals surface area contributed by atoms with Crippen molar-refractivity contribution in [2.75, 3.05) is 25.6 Å². The van der Waals surface area contributed by atoms with Gasteiger partial charge in [-0.05, 0) is 19.4 Å². The van der Waals surface area contributed by atoms with Crippen molar-refractivity contribution < 1.29 is 14.3 Å². The van der Waals surface area contributed by atoms with Crippen molar-refractivity contribution in [2.45, 2.75) is 26.7 Å². The van der Waals surface area contributed by atoms with Crippen molar-refractivity contribution in [2.24, 2.45) is 0 Å². The van der Waals surface area contributed by atoms with Gasteiger partial charge in [-0.15, -0.1) is 0 Å². The third-order valence-corrected chi connectivity index (χ3v) is 4.03. The molecule has 0 bridgehead atoms. The molecular formula is C19H23ClN2O3. The third-order valence-electron chi connectivity index (χ3n) is 3.63. The molecule has 134 valence electrons. The number of pyridine rings is 1. The summed E-state index contributed by atoms with van der Waals surface area (Å²) in [6, 6.07) is 9.42. The van der Waals surface area contributed by atoms with Crippen molar-refractivity contribution in [1.82, 2.24) is 4.98 Å². The Bertz CT molecular complexity index is 717. The summed E-state index contributed by atoms with van der Waals surface area (Å²) >= 11 is 6.13. The summed E-state index contributed by atoms with van der Waals surface area (Å²) in [6.07, 6.45) is 2.04. The molecule has 0 aliphatic rings. The van der Waals surface area contributed by atoms with Gasteiger partial charge in [-0.3, -0.25) is 0 Å². The van der Waals surface area contributed by atoms with Gasteiger partial charge < -0.3 is 15.2 Å². The summed E-state index contributed by atoms with van der Waals surface area (Å²) in [5.74, 6) is -0.607. The number of nitrogens with zero attached hydrogens (tertiary/aromatic N) is 1. The summed E-state index contributed by atoms with van der Waals surface area (Å²) in [6.45, 7) is 5.23. The van der Waals surface area contributed by atoms with E-state index in [1.165, 1.54) is 0 Å². The second-order valence-electron chi connectivity index (χ2n) is 5.73. The second-order valence-corrected chi connectivity index (χ2v) is 6.11. The minimum absolute atomic E-state index is 0.0193. The van der Waals surface area contributed by atoms with Gasteiger partial charge in [0.05, 0.1) is 23.0 Å². The molecule has 0 saturated carbocycles. The number of unbranched alkanes of at least 4 members (excludes halogenated alkanes) is 1. The van der Waals surface area contributed by atoms with E-state index in [0.717, 1.165) is 24.0 Å². The average molecular weight is 363 g/mol. The molecule has 1 heterocycles. The molecule has 0 saturated heterocycles. The highest BCUT2D eigenvalue weighted by molar-refractivity contribution is 6.35. The van der Waals surface area contributed by atoms with Crippen LogP contribution in [0.1, 0.15) is 35.8 Å². The number of aryl methyl sites for hydroxylation is 1. The zero-order valence-electron chi connectivity index (χ0n) is 14.5. The van der Waals surface area contributed by atoms with Crippen molar-refractivity contribution >= 4 is 23.3 Å². The Morgan fingerprint density at radius 1 is 1.20 bits per heavy atom. The number of halogens is 1. The molecule has 0 aliphatic heterocycles. The molecule has 6 heteroatoms. The van der Waals surface area contributed by atoms with E-state index in [0.29, 0.717) is 24.6 Å². The Morgan fingerprint density at radius 2 is 1.92 bits per heavy atom. The summed E-state index contributed by atoms with van der Waals surface area (Å²) in [4.78, 5) is 16.6. The van der Waals surface area contributed by atoms with Crippen LogP contribution >= 0.6 is 11.6 Å². The van der Waals surface area contributed by atoms with E-state index in [4.69, 9.17) is 26.8 Å². The number of nitrogens with two attached hydrogens (primary N) is 1. The van der Waals surface area contributed by atoms with E-state index >= 15 is 0 Å². The Labute approximate surface area is 153 Å². The molecule has 2 rings (SSSR count). The third kappa shape index (κ3) is 5.44. The van der Waals surface area contributed by atoms with E-state index in [-0.39, 0.29) is 17.3 Å². The molecule has 0 aliphatic carbocycles. The van der Waals surface area contributed by atoms with Crippen LogP contribution in [-0.2, 0) is 9.47 Å². The lowest BCUT2D eigenvalue weighted by atomic mass is 10.1. The van der Waals surface area contributed by atoms with Gasteiger partial charge >= 0.3 is 5.97 Å². The molecular weight excluding hydrogens is 340 g/mol. The topological polar surface area (TPSA) is 74.4 Å². The van der Waals surface area contributed by atoms with E-state index in [1.54, 1.807) is 6.07 Å². The fourth-order valence-corrected chi connectivity index (χ4v) is 2.34. The first-order valence-electron chi connectivity index (χ1n) is 8.30. The lowest BCUT2D eigenvalue weighted by Crippen LogP contribution is -2.14. The Balaban J connectivity index is 2.09. The molecule has 0 amide bonds. The SMILES string of the molecule is CCCCOCCOC(=O)c1nc(-c2ccc(C)cc2)cc(N)c1Cl. The smallest absolute Gasteiger partial charge is 0.358 e. The first kappa shape index (κ1) is 19.2. The number of esters is 1. The van der Waals surface area contributed by atoms with Gasteiger partial charge in [0.1, 0.15) is 6.61 Å². The first-order chi connectivity index (χ1) is 12.0. The molecule has 0 atom stereocenters. The number of ether oxygens (including phenoxy) is 2. The molecule has 0 fully saturated rings. The fourth-order valence-electron chi connectivity index (χ4n) is 2.17. The van der Waals surface area contributed by atoms with Crippen molar-refractivity contribution in [3.8, 4) is 11.3 Å². The van der Waals surface area contributed by atoms with Gasteiger partial charge in [-0.1, -0.05) is 54.8 Å². The highest BCUT2D eigenvalue weighted by atomic mass is 35.5. The largest absolute Gasteiger partial charge is 0.458 e. The monoisotopic (exact) mass is 362 g/mol. The van der Waals surface area contributed by atoms with Crippen LogP contribution in [0.2, 0.25) is 5.02 Å². The second kappa shape index (κ2) is 9.39. The zero-order chi connectivity index (χ0) is 18.2. The maximum atomic E-state index is 12.3. The van der Waals surface area contributed by atoms with Crippen LogP contribution in [0.15, 0.2) is 30.3 Å². The number of carbonyl (C=O) groups is 1. The summed E-state index contributed by atoms with van der Waals surface area (Å²) in [7, 11) is 0. The maximum absolute atomic E-state index is 12.3. The van der Waals surface area contributed by atoms with Gasteiger partial charge in [-0.2, -0.15) is 0 Å². The predicted molar refractivity (Wildman–Crippen MR) is 99.8 cm³/mol. The molecule has 2 N–H and O–H groups in total. The molecule has 0 radical (unpaired) electrons. The molecule has 0 unspecified atom stereocenters. The van der Waals surface area contributed by atoms with Crippen molar-refractivity contribution in [1.29, 1.82) is 0 Å². The Kier molecular flexibility index (Phi) is 7.22. The van der Waals surface area contributed by atoms with Gasteiger partial charge in [-0.25, -0.2) is 9.78 Å². The Morgan fingerprint density at radius 3 is 2.60 bits per heavy atom. The molecule has 0 spiro atoms. The fraction of sp³-hybridized carbons (Fsp3) is 0.368. The molecule has 2 aromatic rings. The number of nitrogen functional groups attached to an aromatic ring is 1. The highest BCUT2D eigenvalue weighted by Gasteiger charge is 2.18. The number of rotatable bonds is 8. The van der Waals surface area contributed by atoms with Crippen LogP contribution in [-0.4, -0.2) is 30.8 Å². The first-order valence-corrected chi connectivity index (χ1v) is 8.68. The van der Waals surface area contributed by atoms with Gasteiger partial charge in [0.15, 0.2) is 5.69 Å². The minimum Gasteiger partial charge on any atom is -0.458 e. The lowest BCUT2D eigenvalue weighted by Gasteiger charge is -2.10. The van der Waals surface area contributed by atoms with E-state index in [9.17, 15) is 4.79 Å². The molecule has 25 heavy (non-hydrogen) atoms.